The molecule has 0 bridgehead atoms. The average Bonchev–Trinajstić information content (AvgIpc) is 2.44. The summed E-state index contributed by atoms with van der Waals surface area (Å²) < 4.78 is 0. The second-order valence-corrected chi connectivity index (χ2v) is 3.42. The van der Waals surface area contributed by atoms with Gasteiger partial charge in [-0.1, -0.05) is 55.4 Å². The van der Waals surface area contributed by atoms with E-state index in [9.17, 15) is 0 Å². The zero-order valence-electron chi connectivity index (χ0n) is 15.9. The van der Waals surface area contributed by atoms with Crippen LogP contribution in [0.25, 0.3) is 21.3 Å². The van der Waals surface area contributed by atoms with Gasteiger partial charge in [0.1, 0.15) is 0 Å². The van der Waals surface area contributed by atoms with Gasteiger partial charge in [0.15, 0.2) is 0 Å². The van der Waals surface area contributed by atoms with Crippen LogP contribution in [0, 0.1) is 0 Å². The molecule has 0 aromatic rings. The maximum Gasteiger partial charge on any atom is 0 e. The molecule has 0 aliphatic rings. The van der Waals surface area contributed by atoms with Crippen LogP contribution in [0.1, 0.15) is 55.4 Å². The summed E-state index contributed by atoms with van der Waals surface area (Å²) in [7, 11) is 0. The van der Waals surface area contributed by atoms with E-state index in [0.29, 0.717) is 0 Å². The van der Waals surface area contributed by atoms with Gasteiger partial charge in [0.05, 0.1) is 0 Å². The molecule has 0 unspecified atom stereocenters. The molecule has 0 radical (unpaired) electrons. The Hall–Kier alpha value is 0.528. The van der Waals surface area contributed by atoms with E-state index in [-0.39, 0.29) is 21.1 Å². The van der Waals surface area contributed by atoms with Gasteiger partial charge in [-0.25, -0.2) is 0 Å². The normalized spacial score (nSPS) is 8.00. The van der Waals surface area contributed by atoms with Crippen LogP contribution in [0.5, 0.6) is 0 Å². The van der Waals surface area contributed by atoms with Gasteiger partial charge in [-0.05, 0) is 0 Å². The van der Waals surface area contributed by atoms with Crippen LogP contribution in [-0.4, -0.2) is 52.4 Å². The van der Waals surface area contributed by atoms with E-state index in [1.807, 2.05) is 55.4 Å². The topological polar surface area (TPSA) is 56.4 Å². The predicted octanol–water partition coefficient (Wildman–Crippen LogP) is 5.60. The van der Waals surface area contributed by atoms with Gasteiger partial charge in [0.25, 0.3) is 0 Å². The van der Waals surface area contributed by atoms with Crippen LogP contribution >= 0.6 is 0 Å². The molecule has 0 saturated carbocycles. The molecule has 134 valence electrons. The summed E-state index contributed by atoms with van der Waals surface area (Å²) in [5, 5.41) is 15.9. The largest absolute Gasteiger partial charge is 0.663 e. The quantitative estimate of drug-likeness (QED) is 0.442. The van der Waals surface area contributed by atoms with Crippen LogP contribution in [0.4, 0.5) is 0 Å². The Kier molecular flexibility index (Phi) is 78.9. The van der Waals surface area contributed by atoms with Gasteiger partial charge in [0, 0.05) is 21.1 Å². The molecule has 0 aromatic heterocycles. The second kappa shape index (κ2) is 49.9. The van der Waals surface area contributed by atoms with Crippen molar-refractivity contribution in [2.45, 2.75) is 55.4 Å². The minimum atomic E-state index is 0. The summed E-state index contributed by atoms with van der Waals surface area (Å²) in [6.07, 6.45) is 0. The molecule has 0 fully saturated rings. The average molecular weight is 472 g/mol. The molecule has 0 aromatic carbocycles. The fourth-order valence-electron chi connectivity index (χ4n) is 0.894. The van der Waals surface area contributed by atoms with Crippen LogP contribution < -0.4 is 0 Å². The molecule has 0 saturated heterocycles. The third kappa shape index (κ3) is 96.9. The molecule has 0 aliphatic heterocycles. The molecule has 0 rings (SSSR count). The predicted molar refractivity (Wildman–Crippen MR) is 97.8 cm³/mol. The maximum atomic E-state index is 3.97. The van der Waals surface area contributed by atoms with E-state index < -0.39 is 0 Å². The van der Waals surface area contributed by atoms with Gasteiger partial charge in [-0.2, -0.15) is 52.4 Å². The fraction of sp³-hybridized carbons (Fsp3) is 1.00. The molecule has 21 heavy (non-hydrogen) atoms. The summed E-state index contributed by atoms with van der Waals surface area (Å²) in [6, 6.07) is 0. The number of rotatable bonds is 8. The van der Waals surface area contributed by atoms with Gasteiger partial charge in [-0.3, -0.25) is 0 Å². The monoisotopic (exact) mass is 472 g/mol. The number of hydrogen-bond acceptors (Lipinski definition) is 0. The molecule has 0 aliphatic carbocycles. The Balaban J connectivity index is -0.0000000533. The molecule has 5 heteroatoms. The SMILES string of the molecule is CC[N-]CC.CC[N-]CC.CC[N-]CC.CC[N-]CC.[W]. The number of nitrogens with zero attached hydrogens (tertiary/aromatic N) is 4. The van der Waals surface area contributed by atoms with Crippen LogP contribution in [0.2, 0.25) is 0 Å². The molecule has 4 nitrogen and oxygen atoms in total. The van der Waals surface area contributed by atoms with Gasteiger partial charge in [-0.15, -0.1) is 0 Å². The first-order valence-corrected chi connectivity index (χ1v) is 8.19. The van der Waals surface area contributed by atoms with Crippen molar-refractivity contribution in [1.29, 1.82) is 0 Å². The summed E-state index contributed by atoms with van der Waals surface area (Å²) in [5.41, 5.74) is 0. The molecule has 0 atom stereocenters. The molecular weight excluding hydrogens is 432 g/mol. The first-order chi connectivity index (χ1) is 9.66. The summed E-state index contributed by atoms with van der Waals surface area (Å²) >= 11 is 0. The minimum Gasteiger partial charge on any atom is -0.663 e. The molecule has 0 heterocycles. The first-order valence-electron chi connectivity index (χ1n) is 8.19. The van der Waals surface area contributed by atoms with Crippen molar-refractivity contribution < 1.29 is 21.1 Å². The van der Waals surface area contributed by atoms with E-state index in [0.717, 1.165) is 52.4 Å². The first kappa shape index (κ1) is 33.2. The summed E-state index contributed by atoms with van der Waals surface area (Å²) in [5.74, 6) is 0. The van der Waals surface area contributed by atoms with E-state index >= 15 is 0 Å². The zero-order chi connectivity index (χ0) is 16.5. The van der Waals surface area contributed by atoms with Gasteiger partial charge in [0.2, 0.25) is 0 Å². The van der Waals surface area contributed by atoms with Crippen LogP contribution in [-0.2, 0) is 21.1 Å². The maximum absolute atomic E-state index is 3.97. The minimum absolute atomic E-state index is 0. The Bertz CT molecular complexity index is 74.3. The Labute approximate surface area is 150 Å². The van der Waals surface area contributed by atoms with Gasteiger partial charge >= 0.3 is 0 Å². The Morgan fingerprint density at radius 2 is 0.429 bits per heavy atom. The number of hydrogen-bond donors (Lipinski definition) is 0. The Morgan fingerprint density at radius 3 is 0.429 bits per heavy atom. The second-order valence-electron chi connectivity index (χ2n) is 3.42. The standard InChI is InChI=1S/4C4H10N.W/c4*1-3-5-4-2;/h4*3-4H2,1-2H3;/q4*-1;. The van der Waals surface area contributed by atoms with Crippen molar-refractivity contribution >= 4 is 0 Å². The molecule has 0 spiro atoms. The third-order valence-corrected chi connectivity index (χ3v) is 1.79. The van der Waals surface area contributed by atoms with Crippen molar-refractivity contribution in [3.63, 3.8) is 0 Å². The van der Waals surface area contributed by atoms with Crippen LogP contribution in [0.15, 0.2) is 0 Å². The van der Waals surface area contributed by atoms with Crippen molar-refractivity contribution in [1.82, 2.24) is 0 Å². The zero-order valence-corrected chi connectivity index (χ0v) is 18.8. The van der Waals surface area contributed by atoms with Crippen molar-refractivity contribution in [3.05, 3.63) is 21.3 Å². The van der Waals surface area contributed by atoms with Crippen molar-refractivity contribution in [2.24, 2.45) is 0 Å². The molecule has 0 N–H and O–H groups in total. The summed E-state index contributed by atoms with van der Waals surface area (Å²) in [4.78, 5) is 0. The Morgan fingerprint density at radius 1 is 0.333 bits per heavy atom. The summed E-state index contributed by atoms with van der Waals surface area (Å²) in [6.45, 7) is 24.1. The molecule has 0 amide bonds. The van der Waals surface area contributed by atoms with Crippen molar-refractivity contribution in [2.75, 3.05) is 52.4 Å². The van der Waals surface area contributed by atoms with Crippen molar-refractivity contribution in [3.8, 4) is 0 Å². The van der Waals surface area contributed by atoms with E-state index in [2.05, 4.69) is 21.3 Å². The smallest absolute Gasteiger partial charge is 0 e. The van der Waals surface area contributed by atoms with Gasteiger partial charge < -0.3 is 21.3 Å². The van der Waals surface area contributed by atoms with E-state index in [4.69, 9.17) is 0 Å². The van der Waals surface area contributed by atoms with Crippen LogP contribution in [0.3, 0.4) is 0 Å². The van der Waals surface area contributed by atoms with E-state index in [1.165, 1.54) is 0 Å². The fourth-order valence-corrected chi connectivity index (χ4v) is 0.894. The third-order valence-electron chi connectivity index (χ3n) is 1.79. The molecular formula is C16H40N4W-4. The van der Waals surface area contributed by atoms with E-state index in [1.54, 1.807) is 0 Å².